The summed E-state index contributed by atoms with van der Waals surface area (Å²) in [6.45, 7) is 4.33. The minimum atomic E-state index is -0.507. The highest BCUT2D eigenvalue weighted by Crippen LogP contribution is 2.19. The highest BCUT2D eigenvalue weighted by molar-refractivity contribution is 5.88. The molecule has 0 spiro atoms. The second kappa shape index (κ2) is 10.2. The fourth-order valence-electron chi connectivity index (χ4n) is 3.99. The van der Waals surface area contributed by atoms with Crippen LogP contribution in [0.5, 0.6) is 0 Å². The van der Waals surface area contributed by atoms with Gasteiger partial charge in [-0.15, -0.1) is 0 Å². The molecule has 0 unspecified atom stereocenters. The number of nitrogens with one attached hydrogen (secondary N) is 1. The maximum Gasteiger partial charge on any atom is 0.242 e. The molecule has 29 heavy (non-hydrogen) atoms. The number of amides is 2. The summed E-state index contributed by atoms with van der Waals surface area (Å²) in [5.41, 5.74) is 3.17. The van der Waals surface area contributed by atoms with Crippen LogP contribution in [-0.2, 0) is 22.6 Å². The van der Waals surface area contributed by atoms with Gasteiger partial charge in [-0.3, -0.25) is 9.59 Å². The molecule has 2 amide bonds. The Kier molecular flexibility index (Phi) is 7.45. The summed E-state index contributed by atoms with van der Waals surface area (Å²) in [5, 5.41) is 3.19. The quantitative estimate of drug-likeness (QED) is 0.759. The van der Waals surface area contributed by atoms with Gasteiger partial charge in [-0.25, -0.2) is 0 Å². The van der Waals surface area contributed by atoms with Gasteiger partial charge in [-0.05, 0) is 43.4 Å². The van der Waals surface area contributed by atoms with Gasteiger partial charge in [-0.1, -0.05) is 73.9 Å². The highest BCUT2D eigenvalue weighted by atomic mass is 16.2. The van der Waals surface area contributed by atoms with Gasteiger partial charge in [0.25, 0.3) is 0 Å². The first-order valence-electron chi connectivity index (χ1n) is 10.7. The summed E-state index contributed by atoms with van der Waals surface area (Å²) in [4.78, 5) is 27.9. The van der Waals surface area contributed by atoms with Gasteiger partial charge < -0.3 is 10.2 Å². The van der Waals surface area contributed by atoms with Gasteiger partial charge in [0.05, 0.1) is 6.42 Å². The Morgan fingerprint density at radius 2 is 1.66 bits per heavy atom. The zero-order valence-corrected chi connectivity index (χ0v) is 17.6. The Morgan fingerprint density at radius 3 is 2.34 bits per heavy atom. The maximum atomic E-state index is 13.2. The molecule has 0 aliphatic heterocycles. The maximum absolute atomic E-state index is 13.2. The molecular weight excluding hydrogens is 360 g/mol. The molecule has 3 rings (SSSR count). The summed E-state index contributed by atoms with van der Waals surface area (Å²) >= 11 is 0. The Labute approximate surface area is 174 Å². The van der Waals surface area contributed by atoms with Gasteiger partial charge in [0.15, 0.2) is 0 Å². The van der Waals surface area contributed by atoms with Crippen LogP contribution in [0.25, 0.3) is 0 Å². The van der Waals surface area contributed by atoms with Gasteiger partial charge >= 0.3 is 0 Å². The van der Waals surface area contributed by atoms with Crippen LogP contribution in [0.3, 0.4) is 0 Å². The van der Waals surface area contributed by atoms with Crippen molar-refractivity contribution in [1.29, 1.82) is 0 Å². The third-order valence-electron chi connectivity index (χ3n) is 5.92. The number of carbonyl (C=O) groups is 2. The Morgan fingerprint density at radius 1 is 1.00 bits per heavy atom. The first-order chi connectivity index (χ1) is 14.0. The van der Waals surface area contributed by atoms with Crippen LogP contribution in [0.4, 0.5) is 0 Å². The van der Waals surface area contributed by atoms with Crippen LogP contribution in [0.15, 0.2) is 54.6 Å². The number of carbonyl (C=O) groups excluding carboxylic acids is 2. The molecule has 0 radical (unpaired) electrons. The molecule has 1 N–H and O–H groups in total. The lowest BCUT2D eigenvalue weighted by molar-refractivity contribution is -0.140. The molecule has 0 aromatic heterocycles. The number of nitrogens with zero attached hydrogens (tertiary/aromatic N) is 1. The normalized spacial score (nSPS) is 15.5. The van der Waals surface area contributed by atoms with Crippen molar-refractivity contribution >= 4 is 11.8 Å². The van der Waals surface area contributed by atoms with E-state index in [2.05, 4.69) is 5.32 Å². The molecule has 1 aliphatic carbocycles. The zero-order chi connectivity index (χ0) is 20.6. The Hall–Kier alpha value is -2.62. The fourth-order valence-corrected chi connectivity index (χ4v) is 3.99. The SMILES string of the molecule is Cc1ccccc1CN(C(=O)Cc1ccccc1)[C@@H](C)C(=O)NC1CCCCC1. The molecule has 154 valence electrons. The van der Waals surface area contributed by atoms with Crippen LogP contribution in [-0.4, -0.2) is 28.8 Å². The van der Waals surface area contributed by atoms with E-state index in [9.17, 15) is 9.59 Å². The van der Waals surface area contributed by atoms with Crippen LogP contribution in [0.2, 0.25) is 0 Å². The lowest BCUT2D eigenvalue weighted by Gasteiger charge is -2.31. The third kappa shape index (κ3) is 5.93. The van der Waals surface area contributed by atoms with Crippen LogP contribution >= 0.6 is 0 Å². The smallest absolute Gasteiger partial charge is 0.242 e. The van der Waals surface area contributed by atoms with Crippen molar-refractivity contribution in [2.45, 2.75) is 71.0 Å². The third-order valence-corrected chi connectivity index (χ3v) is 5.92. The van der Waals surface area contributed by atoms with E-state index in [-0.39, 0.29) is 17.9 Å². The van der Waals surface area contributed by atoms with E-state index in [0.29, 0.717) is 13.0 Å². The van der Waals surface area contributed by atoms with Gasteiger partial charge in [0, 0.05) is 12.6 Å². The highest BCUT2D eigenvalue weighted by Gasteiger charge is 2.28. The van der Waals surface area contributed by atoms with Crippen LogP contribution < -0.4 is 5.32 Å². The molecule has 2 aromatic rings. The first-order valence-corrected chi connectivity index (χ1v) is 10.7. The number of aryl methyl sites for hydroxylation is 1. The Balaban J connectivity index is 1.76. The molecule has 1 atom stereocenters. The van der Waals surface area contributed by atoms with Crippen molar-refractivity contribution in [2.24, 2.45) is 0 Å². The average molecular weight is 393 g/mol. The van der Waals surface area contributed by atoms with Gasteiger partial charge in [0.1, 0.15) is 6.04 Å². The molecule has 0 bridgehead atoms. The first kappa shape index (κ1) is 21.1. The van der Waals surface area contributed by atoms with E-state index in [1.165, 1.54) is 19.3 Å². The van der Waals surface area contributed by atoms with Crippen LogP contribution in [0, 0.1) is 6.92 Å². The number of hydrogen-bond acceptors (Lipinski definition) is 2. The molecule has 4 nitrogen and oxygen atoms in total. The standard InChI is InChI=1S/C25H32N2O2/c1-19-11-9-10-14-22(19)18-27(24(28)17-21-12-5-3-6-13-21)20(2)25(29)26-23-15-7-4-8-16-23/h3,5-6,9-14,20,23H,4,7-8,15-18H2,1-2H3,(H,26,29)/t20-/m0/s1. The van der Waals surface area contributed by atoms with E-state index in [1.54, 1.807) is 4.90 Å². The number of hydrogen-bond donors (Lipinski definition) is 1. The van der Waals surface area contributed by atoms with Crippen molar-refractivity contribution in [3.63, 3.8) is 0 Å². The number of rotatable bonds is 7. The van der Waals surface area contributed by atoms with Crippen molar-refractivity contribution in [1.82, 2.24) is 10.2 Å². The lowest BCUT2D eigenvalue weighted by Crippen LogP contribution is -2.50. The topological polar surface area (TPSA) is 49.4 Å². The van der Waals surface area contributed by atoms with Gasteiger partial charge in [0.2, 0.25) is 11.8 Å². The summed E-state index contributed by atoms with van der Waals surface area (Å²) in [6.07, 6.45) is 5.95. The van der Waals surface area contributed by atoms with Crippen molar-refractivity contribution < 1.29 is 9.59 Å². The molecule has 1 fully saturated rings. The molecular formula is C25H32N2O2. The summed E-state index contributed by atoms with van der Waals surface area (Å²) < 4.78 is 0. The van der Waals surface area contributed by atoms with E-state index in [4.69, 9.17) is 0 Å². The van der Waals surface area contributed by atoms with Crippen molar-refractivity contribution in [2.75, 3.05) is 0 Å². The summed E-state index contributed by atoms with van der Waals surface area (Å²) in [6, 6.07) is 17.5. The Bertz CT molecular complexity index is 813. The predicted octanol–water partition coefficient (Wildman–Crippen LogP) is 4.40. The molecule has 2 aromatic carbocycles. The largest absolute Gasteiger partial charge is 0.352 e. The van der Waals surface area contributed by atoms with Crippen molar-refractivity contribution in [3.8, 4) is 0 Å². The van der Waals surface area contributed by atoms with Crippen LogP contribution in [0.1, 0.15) is 55.7 Å². The van der Waals surface area contributed by atoms with E-state index in [1.807, 2.05) is 68.4 Å². The molecule has 1 aliphatic rings. The van der Waals surface area contributed by atoms with E-state index >= 15 is 0 Å². The van der Waals surface area contributed by atoms with E-state index < -0.39 is 6.04 Å². The number of benzene rings is 2. The lowest BCUT2D eigenvalue weighted by atomic mass is 9.95. The molecule has 0 heterocycles. The van der Waals surface area contributed by atoms with Crippen molar-refractivity contribution in [3.05, 3.63) is 71.3 Å². The average Bonchev–Trinajstić information content (AvgIpc) is 2.74. The van der Waals surface area contributed by atoms with Gasteiger partial charge in [-0.2, -0.15) is 0 Å². The minimum absolute atomic E-state index is 0.0225. The second-order valence-corrected chi connectivity index (χ2v) is 8.13. The summed E-state index contributed by atoms with van der Waals surface area (Å²) in [5.74, 6) is -0.0716. The molecule has 0 saturated heterocycles. The zero-order valence-electron chi connectivity index (χ0n) is 17.6. The molecule has 1 saturated carbocycles. The minimum Gasteiger partial charge on any atom is -0.352 e. The van der Waals surface area contributed by atoms with E-state index in [0.717, 1.165) is 29.5 Å². The summed E-state index contributed by atoms with van der Waals surface area (Å²) in [7, 11) is 0. The second-order valence-electron chi connectivity index (χ2n) is 8.13. The molecule has 4 heteroatoms. The monoisotopic (exact) mass is 392 g/mol. The fraction of sp³-hybridized carbons (Fsp3) is 0.440. The predicted molar refractivity (Wildman–Crippen MR) is 116 cm³/mol.